The van der Waals surface area contributed by atoms with E-state index in [1.165, 1.54) is 18.5 Å². The first-order valence-corrected chi connectivity index (χ1v) is 12.1. The molecule has 0 fully saturated rings. The summed E-state index contributed by atoms with van der Waals surface area (Å²) in [5.74, 6) is 0.304. The molecule has 5 rings (SSSR count). The van der Waals surface area contributed by atoms with Gasteiger partial charge < -0.3 is 16.4 Å². The van der Waals surface area contributed by atoms with Crippen LogP contribution >= 0.6 is 11.3 Å². The minimum absolute atomic E-state index is 0.287. The maximum absolute atomic E-state index is 13.6. The molecule has 5 aromatic rings. The van der Waals surface area contributed by atoms with Crippen molar-refractivity contribution in [2.24, 2.45) is 0 Å². The lowest BCUT2D eigenvalue weighted by molar-refractivity contribution is 0.0940. The Labute approximate surface area is 211 Å². The van der Waals surface area contributed by atoms with Crippen molar-refractivity contribution in [3.8, 4) is 10.4 Å². The van der Waals surface area contributed by atoms with Gasteiger partial charge in [0.2, 0.25) is 0 Å². The number of nitrogen functional groups attached to an aromatic ring is 1. The molecule has 0 unspecified atom stereocenters. The number of amides is 1. The predicted octanol–water partition coefficient (Wildman–Crippen LogP) is 5.58. The van der Waals surface area contributed by atoms with Gasteiger partial charge in [-0.15, -0.1) is 11.3 Å². The van der Waals surface area contributed by atoms with Gasteiger partial charge in [0.15, 0.2) is 0 Å². The zero-order valence-electron chi connectivity index (χ0n) is 19.4. The Hall–Kier alpha value is -4.37. The number of anilines is 2. The Balaban J connectivity index is 1.29. The lowest BCUT2D eigenvalue weighted by Gasteiger charge is -2.16. The van der Waals surface area contributed by atoms with E-state index in [0.717, 1.165) is 26.2 Å². The number of aromatic nitrogens is 3. The van der Waals surface area contributed by atoms with E-state index in [1.807, 2.05) is 31.2 Å². The zero-order chi connectivity index (χ0) is 25.1. The third-order valence-corrected chi connectivity index (χ3v) is 6.93. The van der Waals surface area contributed by atoms with Crippen LogP contribution in [0.2, 0.25) is 0 Å². The number of rotatable bonds is 7. The highest BCUT2D eigenvalue weighted by atomic mass is 32.1. The number of thiophene rings is 1. The fourth-order valence-electron chi connectivity index (χ4n) is 3.89. The first-order valence-electron chi connectivity index (χ1n) is 11.3. The molecule has 4 N–H and O–H groups in total. The number of hydrogen-bond donors (Lipinski definition) is 3. The highest BCUT2D eigenvalue weighted by Gasteiger charge is 2.16. The largest absolute Gasteiger partial charge is 0.383 e. The fourth-order valence-corrected chi connectivity index (χ4v) is 4.84. The molecule has 9 heteroatoms. The molecule has 0 spiro atoms. The topological polar surface area (TPSA) is 106 Å². The summed E-state index contributed by atoms with van der Waals surface area (Å²) in [6.45, 7) is 2.32. The SMILES string of the molecule is C[C@H](NC(=O)c1cccnc1NCc1ccc(-c2ccc3ncnc(N)c3c2)s1)c1cccc(F)c1. The van der Waals surface area contributed by atoms with Crippen LogP contribution in [0, 0.1) is 5.82 Å². The van der Waals surface area contributed by atoms with E-state index in [1.54, 1.807) is 41.8 Å². The summed E-state index contributed by atoms with van der Waals surface area (Å²) < 4.78 is 13.6. The van der Waals surface area contributed by atoms with Crippen LogP contribution < -0.4 is 16.4 Å². The van der Waals surface area contributed by atoms with E-state index in [0.29, 0.717) is 29.3 Å². The molecule has 0 radical (unpaired) electrons. The van der Waals surface area contributed by atoms with Gasteiger partial charge >= 0.3 is 0 Å². The lowest BCUT2D eigenvalue weighted by Crippen LogP contribution is -2.27. The Morgan fingerprint density at radius 1 is 1.06 bits per heavy atom. The van der Waals surface area contributed by atoms with Crippen molar-refractivity contribution >= 4 is 39.8 Å². The highest BCUT2D eigenvalue weighted by Crippen LogP contribution is 2.31. The number of hydrogen-bond acceptors (Lipinski definition) is 7. The van der Waals surface area contributed by atoms with Crippen LogP contribution in [0.4, 0.5) is 16.0 Å². The molecule has 0 aliphatic carbocycles. The summed E-state index contributed by atoms with van der Waals surface area (Å²) in [5, 5.41) is 7.01. The molecule has 1 amide bonds. The second-order valence-corrected chi connectivity index (χ2v) is 9.43. The Morgan fingerprint density at radius 2 is 1.94 bits per heavy atom. The fraction of sp³-hybridized carbons (Fsp3) is 0.111. The first kappa shape index (κ1) is 23.4. The Kier molecular flexibility index (Phi) is 6.55. The van der Waals surface area contributed by atoms with E-state index >= 15 is 0 Å². The van der Waals surface area contributed by atoms with Crippen LogP contribution in [0.1, 0.15) is 33.8 Å². The van der Waals surface area contributed by atoms with Crippen LogP contribution in [0.15, 0.2) is 79.3 Å². The maximum Gasteiger partial charge on any atom is 0.255 e. The van der Waals surface area contributed by atoms with Crippen LogP contribution in [-0.4, -0.2) is 20.9 Å². The van der Waals surface area contributed by atoms with Gasteiger partial charge in [0.05, 0.1) is 23.7 Å². The zero-order valence-corrected chi connectivity index (χ0v) is 20.2. The normalized spacial score (nSPS) is 11.8. The Morgan fingerprint density at radius 3 is 2.81 bits per heavy atom. The molecule has 0 bridgehead atoms. The van der Waals surface area contributed by atoms with Crippen molar-refractivity contribution in [3.63, 3.8) is 0 Å². The van der Waals surface area contributed by atoms with Gasteiger partial charge in [-0.2, -0.15) is 0 Å². The summed E-state index contributed by atoms with van der Waals surface area (Å²) in [5.41, 5.74) is 8.96. The van der Waals surface area contributed by atoms with E-state index in [4.69, 9.17) is 5.73 Å². The van der Waals surface area contributed by atoms with Crippen molar-refractivity contribution in [2.75, 3.05) is 11.1 Å². The lowest BCUT2D eigenvalue weighted by atomic mass is 10.1. The average molecular weight is 499 g/mol. The molecule has 0 saturated carbocycles. The number of nitrogens with one attached hydrogen (secondary N) is 2. The number of benzene rings is 2. The van der Waals surface area contributed by atoms with Crippen LogP contribution in [0.5, 0.6) is 0 Å². The molecule has 7 nitrogen and oxygen atoms in total. The minimum atomic E-state index is -0.359. The van der Waals surface area contributed by atoms with Crippen LogP contribution in [0.3, 0.4) is 0 Å². The number of nitrogens with zero attached hydrogens (tertiary/aromatic N) is 3. The third-order valence-electron chi connectivity index (χ3n) is 5.79. The van der Waals surface area contributed by atoms with E-state index in [-0.39, 0.29) is 17.8 Å². The second kappa shape index (κ2) is 10.1. The Bertz CT molecular complexity index is 1550. The van der Waals surface area contributed by atoms with Crippen molar-refractivity contribution in [3.05, 3.63) is 101 Å². The summed E-state index contributed by atoms with van der Waals surface area (Å²) in [6.07, 6.45) is 3.09. The number of halogens is 1. The minimum Gasteiger partial charge on any atom is -0.383 e. The standard InChI is InChI=1S/C27H23FN6OS/c1-16(17-4-2-5-19(28)12-17)34-27(35)21-6-3-11-30-26(21)31-14-20-8-10-24(36-20)18-7-9-23-22(13-18)25(29)33-15-32-23/h2-13,15-16H,14H2,1H3,(H,30,31)(H,34,35)(H2,29,32,33)/t16-/m0/s1. The number of fused-ring (bicyclic) bond motifs is 1. The van der Waals surface area contributed by atoms with Gasteiger partial charge in [-0.3, -0.25) is 4.79 Å². The molecule has 1 atom stereocenters. The third kappa shape index (κ3) is 5.01. The number of nitrogens with two attached hydrogens (primary N) is 1. The molecule has 3 heterocycles. The molecular formula is C27H23FN6OS. The number of pyridine rings is 1. The molecular weight excluding hydrogens is 475 g/mol. The second-order valence-electron chi connectivity index (χ2n) is 8.26. The van der Waals surface area contributed by atoms with Crippen molar-refractivity contribution in [1.29, 1.82) is 0 Å². The summed E-state index contributed by atoms with van der Waals surface area (Å²) in [6, 6.07) is 19.3. The molecule has 0 saturated heterocycles. The molecule has 0 aliphatic heterocycles. The summed E-state index contributed by atoms with van der Waals surface area (Å²) in [7, 11) is 0. The van der Waals surface area contributed by atoms with Crippen molar-refractivity contribution < 1.29 is 9.18 Å². The maximum atomic E-state index is 13.6. The molecule has 0 aliphatic rings. The van der Waals surface area contributed by atoms with Crippen molar-refractivity contribution in [1.82, 2.24) is 20.3 Å². The average Bonchev–Trinajstić information content (AvgIpc) is 3.37. The highest BCUT2D eigenvalue weighted by molar-refractivity contribution is 7.15. The van der Waals surface area contributed by atoms with Gasteiger partial charge in [-0.1, -0.05) is 18.2 Å². The van der Waals surface area contributed by atoms with Gasteiger partial charge in [-0.05, 0) is 66.6 Å². The predicted molar refractivity (Wildman–Crippen MR) is 141 cm³/mol. The quantitative estimate of drug-likeness (QED) is 0.271. The number of carbonyl (C=O) groups is 1. The smallest absolute Gasteiger partial charge is 0.255 e. The van der Waals surface area contributed by atoms with Crippen LogP contribution in [0.25, 0.3) is 21.3 Å². The van der Waals surface area contributed by atoms with Gasteiger partial charge in [-0.25, -0.2) is 19.3 Å². The molecule has 3 aromatic heterocycles. The summed E-state index contributed by atoms with van der Waals surface area (Å²) >= 11 is 1.64. The van der Waals surface area contributed by atoms with E-state index < -0.39 is 0 Å². The molecule has 180 valence electrons. The monoisotopic (exact) mass is 498 g/mol. The molecule has 2 aromatic carbocycles. The van der Waals surface area contributed by atoms with E-state index in [9.17, 15) is 9.18 Å². The van der Waals surface area contributed by atoms with Gasteiger partial charge in [0.1, 0.15) is 23.8 Å². The summed E-state index contributed by atoms with van der Waals surface area (Å²) in [4.78, 5) is 27.8. The van der Waals surface area contributed by atoms with E-state index in [2.05, 4.69) is 31.7 Å². The van der Waals surface area contributed by atoms with Gasteiger partial charge in [0, 0.05) is 21.3 Å². The van der Waals surface area contributed by atoms with Gasteiger partial charge in [0.25, 0.3) is 5.91 Å². The molecule has 36 heavy (non-hydrogen) atoms. The number of carbonyl (C=O) groups excluding carboxylic acids is 1. The first-order chi connectivity index (χ1) is 17.5. The van der Waals surface area contributed by atoms with Crippen LogP contribution in [-0.2, 0) is 6.54 Å². The van der Waals surface area contributed by atoms with Crippen molar-refractivity contribution in [2.45, 2.75) is 19.5 Å².